The summed E-state index contributed by atoms with van der Waals surface area (Å²) < 4.78 is 5.58. The van der Waals surface area contributed by atoms with Gasteiger partial charge in [0, 0.05) is 0 Å². The Bertz CT molecular complexity index is 310. The summed E-state index contributed by atoms with van der Waals surface area (Å²) in [6.45, 7) is 4.98. The molecule has 0 unspecified atom stereocenters. The molecule has 0 radical (unpaired) electrons. The number of rotatable bonds is 6. The van der Waals surface area contributed by atoms with Gasteiger partial charge in [-0.25, -0.2) is 0 Å². The summed E-state index contributed by atoms with van der Waals surface area (Å²) in [7, 11) is 0. The van der Waals surface area contributed by atoms with Crippen molar-refractivity contribution >= 4 is 12.1 Å². The summed E-state index contributed by atoms with van der Waals surface area (Å²) in [5.41, 5.74) is 0.719. The van der Waals surface area contributed by atoms with Crippen molar-refractivity contribution in [2.45, 2.75) is 20.3 Å². The predicted molar refractivity (Wildman–Crippen MR) is 61.1 cm³/mol. The van der Waals surface area contributed by atoms with E-state index in [0.717, 1.165) is 17.9 Å². The van der Waals surface area contributed by atoms with Gasteiger partial charge in [-0.05, 0) is 24.5 Å². The number of nitrogens with one attached hydrogen (secondary N) is 1. The molecule has 0 aromatic heterocycles. The van der Waals surface area contributed by atoms with E-state index in [1.807, 2.05) is 24.3 Å². The van der Waals surface area contributed by atoms with Crippen LogP contribution in [0.5, 0.6) is 5.75 Å². The highest BCUT2D eigenvalue weighted by Gasteiger charge is 2.01. The molecule has 0 fully saturated rings. The molecule has 0 atom stereocenters. The van der Waals surface area contributed by atoms with Crippen LogP contribution < -0.4 is 10.1 Å². The summed E-state index contributed by atoms with van der Waals surface area (Å²) in [6, 6.07) is 7.42. The van der Waals surface area contributed by atoms with E-state index in [9.17, 15) is 4.79 Å². The average Bonchev–Trinajstić information content (AvgIpc) is 2.20. The molecule has 1 rings (SSSR count). The van der Waals surface area contributed by atoms with E-state index >= 15 is 0 Å². The zero-order valence-electron chi connectivity index (χ0n) is 9.19. The van der Waals surface area contributed by atoms with Crippen LogP contribution in [0.3, 0.4) is 0 Å². The number of ether oxygens (including phenoxy) is 1. The van der Waals surface area contributed by atoms with Gasteiger partial charge in [-0.15, -0.1) is 0 Å². The zero-order valence-corrected chi connectivity index (χ0v) is 9.19. The van der Waals surface area contributed by atoms with E-state index in [0.29, 0.717) is 18.9 Å². The van der Waals surface area contributed by atoms with Crippen molar-refractivity contribution in [2.24, 2.45) is 5.92 Å². The molecule has 0 aliphatic heterocycles. The highest BCUT2D eigenvalue weighted by molar-refractivity contribution is 5.75. The van der Waals surface area contributed by atoms with Gasteiger partial charge in [0.2, 0.25) is 6.41 Å². The van der Waals surface area contributed by atoms with E-state index in [-0.39, 0.29) is 0 Å². The highest BCUT2D eigenvalue weighted by atomic mass is 16.5. The standard InChI is InChI=1S/C12H17NO2/c1-10(2)7-8-15-12-6-4-3-5-11(12)13-9-14/h3-6,9-10H,7-8H2,1-2H3,(H,13,14). The molecule has 0 spiro atoms. The molecule has 15 heavy (non-hydrogen) atoms. The molecular formula is C12H17NO2. The molecule has 0 saturated heterocycles. The minimum atomic E-state index is 0.621. The second-order valence-corrected chi connectivity index (χ2v) is 3.79. The lowest BCUT2D eigenvalue weighted by molar-refractivity contribution is -0.105. The first-order valence-electron chi connectivity index (χ1n) is 5.16. The Hall–Kier alpha value is -1.51. The van der Waals surface area contributed by atoms with E-state index in [1.165, 1.54) is 0 Å². The maximum absolute atomic E-state index is 10.3. The number of hydrogen-bond acceptors (Lipinski definition) is 2. The molecule has 0 saturated carbocycles. The molecule has 0 heterocycles. The molecule has 1 amide bonds. The van der Waals surface area contributed by atoms with Gasteiger partial charge >= 0.3 is 0 Å². The van der Waals surface area contributed by atoms with Crippen LogP contribution in [0.25, 0.3) is 0 Å². The summed E-state index contributed by atoms with van der Waals surface area (Å²) in [5.74, 6) is 1.35. The Morgan fingerprint density at radius 3 is 2.80 bits per heavy atom. The van der Waals surface area contributed by atoms with Crippen LogP contribution in [0.15, 0.2) is 24.3 Å². The fraction of sp³-hybridized carbons (Fsp3) is 0.417. The minimum absolute atomic E-state index is 0.621. The van der Waals surface area contributed by atoms with Gasteiger partial charge in [0.25, 0.3) is 0 Å². The second kappa shape index (κ2) is 6.06. The van der Waals surface area contributed by atoms with E-state index in [4.69, 9.17) is 4.74 Å². The van der Waals surface area contributed by atoms with Gasteiger partial charge in [0.05, 0.1) is 12.3 Å². The van der Waals surface area contributed by atoms with Crippen molar-refractivity contribution < 1.29 is 9.53 Å². The van der Waals surface area contributed by atoms with Crippen LogP contribution in [0.4, 0.5) is 5.69 Å². The lowest BCUT2D eigenvalue weighted by atomic mass is 10.1. The predicted octanol–water partition coefficient (Wildman–Crippen LogP) is 2.68. The first-order valence-corrected chi connectivity index (χ1v) is 5.16. The normalized spacial score (nSPS) is 10.1. The topological polar surface area (TPSA) is 38.3 Å². The summed E-state index contributed by atoms with van der Waals surface area (Å²) >= 11 is 0. The van der Waals surface area contributed by atoms with Gasteiger partial charge in [0.1, 0.15) is 5.75 Å². The largest absolute Gasteiger partial charge is 0.491 e. The lowest BCUT2D eigenvalue weighted by Crippen LogP contribution is -2.04. The molecule has 82 valence electrons. The molecule has 1 aromatic rings. The molecule has 0 bridgehead atoms. The fourth-order valence-corrected chi connectivity index (χ4v) is 1.18. The van der Waals surface area contributed by atoms with E-state index in [1.54, 1.807) is 0 Å². The SMILES string of the molecule is CC(C)CCOc1ccccc1NC=O. The maximum Gasteiger partial charge on any atom is 0.211 e. The summed E-state index contributed by atoms with van der Waals surface area (Å²) in [4.78, 5) is 10.3. The highest BCUT2D eigenvalue weighted by Crippen LogP contribution is 2.23. The van der Waals surface area contributed by atoms with Gasteiger partial charge < -0.3 is 10.1 Å². The molecule has 0 aliphatic carbocycles. The Labute approximate surface area is 90.4 Å². The number of anilines is 1. The van der Waals surface area contributed by atoms with Crippen molar-refractivity contribution in [3.8, 4) is 5.75 Å². The molecule has 3 heteroatoms. The maximum atomic E-state index is 10.3. The lowest BCUT2D eigenvalue weighted by Gasteiger charge is -2.11. The summed E-state index contributed by atoms with van der Waals surface area (Å²) in [5, 5.41) is 2.61. The van der Waals surface area contributed by atoms with Crippen molar-refractivity contribution in [1.29, 1.82) is 0 Å². The minimum Gasteiger partial charge on any atom is -0.491 e. The van der Waals surface area contributed by atoms with Gasteiger partial charge in [-0.1, -0.05) is 26.0 Å². The van der Waals surface area contributed by atoms with Gasteiger partial charge in [-0.3, -0.25) is 4.79 Å². The fourth-order valence-electron chi connectivity index (χ4n) is 1.18. The van der Waals surface area contributed by atoms with Crippen molar-refractivity contribution in [3.63, 3.8) is 0 Å². The van der Waals surface area contributed by atoms with Crippen LogP contribution >= 0.6 is 0 Å². The zero-order chi connectivity index (χ0) is 11.1. The Morgan fingerprint density at radius 1 is 1.40 bits per heavy atom. The molecular weight excluding hydrogens is 190 g/mol. The third-order valence-corrected chi connectivity index (χ3v) is 2.05. The average molecular weight is 207 g/mol. The number of hydrogen-bond donors (Lipinski definition) is 1. The van der Waals surface area contributed by atoms with E-state index < -0.39 is 0 Å². The van der Waals surface area contributed by atoms with Gasteiger partial charge in [-0.2, -0.15) is 0 Å². The van der Waals surface area contributed by atoms with Crippen LogP contribution in [-0.2, 0) is 4.79 Å². The Balaban J connectivity index is 2.55. The third kappa shape index (κ3) is 4.02. The molecule has 1 aromatic carbocycles. The van der Waals surface area contributed by atoms with Crippen LogP contribution in [-0.4, -0.2) is 13.0 Å². The molecule has 1 N–H and O–H groups in total. The van der Waals surface area contributed by atoms with Crippen molar-refractivity contribution in [3.05, 3.63) is 24.3 Å². The summed E-state index contributed by atoms with van der Waals surface area (Å²) in [6.07, 6.45) is 1.67. The first-order chi connectivity index (χ1) is 7.24. The number of para-hydroxylation sites is 2. The van der Waals surface area contributed by atoms with Crippen molar-refractivity contribution in [2.75, 3.05) is 11.9 Å². The monoisotopic (exact) mass is 207 g/mol. The Kier molecular flexibility index (Phi) is 4.68. The number of amides is 1. The molecule has 3 nitrogen and oxygen atoms in total. The number of carbonyl (C=O) groups excluding carboxylic acids is 1. The van der Waals surface area contributed by atoms with Crippen LogP contribution in [0.2, 0.25) is 0 Å². The quantitative estimate of drug-likeness (QED) is 0.728. The number of carbonyl (C=O) groups is 1. The number of benzene rings is 1. The molecule has 0 aliphatic rings. The van der Waals surface area contributed by atoms with Gasteiger partial charge in [0.15, 0.2) is 0 Å². The van der Waals surface area contributed by atoms with Crippen LogP contribution in [0.1, 0.15) is 20.3 Å². The second-order valence-electron chi connectivity index (χ2n) is 3.79. The Morgan fingerprint density at radius 2 is 2.13 bits per heavy atom. The van der Waals surface area contributed by atoms with Crippen molar-refractivity contribution in [1.82, 2.24) is 0 Å². The first kappa shape index (κ1) is 11.6. The van der Waals surface area contributed by atoms with Crippen LogP contribution in [0, 0.1) is 5.92 Å². The third-order valence-electron chi connectivity index (χ3n) is 2.05. The smallest absolute Gasteiger partial charge is 0.211 e. The van der Waals surface area contributed by atoms with E-state index in [2.05, 4.69) is 19.2 Å².